The van der Waals surface area contributed by atoms with Gasteiger partial charge in [0.1, 0.15) is 5.60 Å². The minimum absolute atomic E-state index is 0.496. The minimum atomic E-state index is -0.562. The van der Waals surface area contributed by atoms with Crippen molar-refractivity contribution in [2.24, 2.45) is 0 Å². The van der Waals surface area contributed by atoms with Gasteiger partial charge in [0.2, 0.25) is 5.52 Å². The zero-order valence-corrected chi connectivity index (χ0v) is 11.1. The van der Waals surface area contributed by atoms with Crippen molar-refractivity contribution in [1.29, 1.82) is 0 Å². The summed E-state index contributed by atoms with van der Waals surface area (Å²) in [4.78, 5) is 11.7. The SMILES string of the molecule is CC(C)(C)OC(=O)Nc1cccc2c1ccc[n+]2[O-]. The molecular formula is C14H16N2O3. The highest BCUT2D eigenvalue weighted by atomic mass is 16.6. The third kappa shape index (κ3) is 3.13. The van der Waals surface area contributed by atoms with Crippen LogP contribution in [0.4, 0.5) is 10.5 Å². The second kappa shape index (κ2) is 4.76. The van der Waals surface area contributed by atoms with Crippen LogP contribution >= 0.6 is 0 Å². The number of fused-ring (bicyclic) bond motifs is 1. The standard InChI is InChI=1S/C14H16N2O3/c1-14(2,3)19-13(17)15-11-7-4-8-12-10(11)6-5-9-16(12)18/h4-9H,1-3H3,(H,15,17). The molecule has 0 fully saturated rings. The van der Waals surface area contributed by atoms with Crippen LogP contribution in [0.25, 0.3) is 10.9 Å². The molecule has 1 heterocycles. The van der Waals surface area contributed by atoms with Crippen LogP contribution in [0.5, 0.6) is 0 Å². The maximum atomic E-state index is 11.7. The Morgan fingerprint density at radius 1 is 1.26 bits per heavy atom. The van der Waals surface area contributed by atoms with Gasteiger partial charge in [-0.15, -0.1) is 0 Å². The Labute approximate surface area is 111 Å². The molecule has 0 saturated heterocycles. The Hall–Kier alpha value is -2.30. The van der Waals surface area contributed by atoms with Crippen LogP contribution in [0.2, 0.25) is 0 Å². The number of ether oxygens (including phenoxy) is 1. The number of nitrogens with one attached hydrogen (secondary N) is 1. The quantitative estimate of drug-likeness (QED) is 0.633. The fraction of sp³-hybridized carbons (Fsp3) is 0.286. The highest BCUT2D eigenvalue weighted by Gasteiger charge is 2.17. The van der Waals surface area contributed by atoms with Crippen LogP contribution in [-0.4, -0.2) is 11.7 Å². The van der Waals surface area contributed by atoms with Gasteiger partial charge < -0.3 is 9.94 Å². The van der Waals surface area contributed by atoms with Gasteiger partial charge in [-0.25, -0.2) is 4.79 Å². The Bertz CT molecular complexity index is 618. The number of benzene rings is 1. The van der Waals surface area contributed by atoms with Gasteiger partial charge in [0.05, 0.1) is 11.1 Å². The van der Waals surface area contributed by atoms with Gasteiger partial charge in [-0.2, -0.15) is 4.73 Å². The number of aromatic nitrogens is 1. The molecule has 1 N–H and O–H groups in total. The lowest BCUT2D eigenvalue weighted by atomic mass is 10.2. The van der Waals surface area contributed by atoms with E-state index in [9.17, 15) is 10.0 Å². The van der Waals surface area contributed by atoms with E-state index in [1.54, 1.807) is 51.1 Å². The van der Waals surface area contributed by atoms with Gasteiger partial charge in [0, 0.05) is 12.1 Å². The number of hydrogen-bond acceptors (Lipinski definition) is 3. The zero-order chi connectivity index (χ0) is 14.0. The van der Waals surface area contributed by atoms with Crippen molar-refractivity contribution in [1.82, 2.24) is 0 Å². The van der Waals surface area contributed by atoms with Crippen LogP contribution in [-0.2, 0) is 4.74 Å². The third-order valence-electron chi connectivity index (χ3n) is 2.44. The van der Waals surface area contributed by atoms with Crippen molar-refractivity contribution >= 4 is 22.7 Å². The Kier molecular flexibility index (Phi) is 3.29. The highest BCUT2D eigenvalue weighted by molar-refractivity contribution is 5.97. The van der Waals surface area contributed by atoms with Gasteiger partial charge in [-0.1, -0.05) is 6.07 Å². The second-order valence-electron chi connectivity index (χ2n) is 5.20. The van der Waals surface area contributed by atoms with E-state index in [-0.39, 0.29) is 0 Å². The summed E-state index contributed by atoms with van der Waals surface area (Å²) in [6.45, 7) is 5.38. The maximum Gasteiger partial charge on any atom is 0.412 e. The van der Waals surface area contributed by atoms with Crippen molar-refractivity contribution in [3.63, 3.8) is 0 Å². The molecule has 100 valence electrons. The average molecular weight is 260 g/mol. The number of hydrogen-bond donors (Lipinski definition) is 1. The first-order valence-electron chi connectivity index (χ1n) is 5.98. The van der Waals surface area contributed by atoms with E-state index < -0.39 is 11.7 Å². The van der Waals surface area contributed by atoms with E-state index >= 15 is 0 Å². The van der Waals surface area contributed by atoms with Crippen molar-refractivity contribution in [2.45, 2.75) is 26.4 Å². The Balaban J connectivity index is 2.31. The molecule has 0 spiro atoms. The monoisotopic (exact) mass is 260 g/mol. The van der Waals surface area contributed by atoms with Crippen molar-refractivity contribution in [3.05, 3.63) is 41.7 Å². The first-order chi connectivity index (χ1) is 8.87. The molecule has 0 radical (unpaired) electrons. The number of anilines is 1. The predicted molar refractivity (Wildman–Crippen MR) is 72.8 cm³/mol. The van der Waals surface area contributed by atoms with Gasteiger partial charge in [-0.3, -0.25) is 5.32 Å². The molecule has 1 amide bonds. The number of nitrogens with zero attached hydrogens (tertiary/aromatic N) is 1. The smallest absolute Gasteiger partial charge is 0.412 e. The summed E-state index contributed by atoms with van der Waals surface area (Å²) in [6.07, 6.45) is 0.876. The molecule has 1 aromatic heterocycles. The summed E-state index contributed by atoms with van der Waals surface area (Å²) in [5.41, 5.74) is 0.487. The number of pyridine rings is 1. The lowest BCUT2D eigenvalue weighted by Gasteiger charge is -2.20. The van der Waals surface area contributed by atoms with Gasteiger partial charge in [0.15, 0.2) is 6.20 Å². The fourth-order valence-electron chi connectivity index (χ4n) is 1.74. The predicted octanol–water partition coefficient (Wildman–Crippen LogP) is 2.82. The first kappa shape index (κ1) is 13.1. The normalized spacial score (nSPS) is 11.3. The molecule has 19 heavy (non-hydrogen) atoms. The van der Waals surface area contributed by atoms with Crippen molar-refractivity contribution < 1.29 is 14.3 Å². The molecule has 0 aliphatic heterocycles. The zero-order valence-electron chi connectivity index (χ0n) is 11.1. The van der Waals surface area contributed by atoms with Crippen LogP contribution in [0, 0.1) is 5.21 Å². The van der Waals surface area contributed by atoms with E-state index in [0.29, 0.717) is 16.6 Å². The highest BCUT2D eigenvalue weighted by Crippen LogP contribution is 2.21. The van der Waals surface area contributed by atoms with Gasteiger partial charge in [-0.05, 0) is 32.9 Å². The molecule has 1 aromatic carbocycles. The summed E-state index contributed by atoms with van der Waals surface area (Å²) >= 11 is 0. The average Bonchev–Trinajstić information content (AvgIpc) is 2.28. The first-order valence-corrected chi connectivity index (χ1v) is 5.98. The lowest BCUT2D eigenvalue weighted by molar-refractivity contribution is -0.577. The largest absolute Gasteiger partial charge is 0.618 e. The second-order valence-corrected chi connectivity index (χ2v) is 5.20. The molecule has 5 nitrogen and oxygen atoms in total. The summed E-state index contributed by atoms with van der Waals surface area (Å²) in [5, 5.41) is 14.9. The van der Waals surface area contributed by atoms with Crippen molar-refractivity contribution in [3.8, 4) is 0 Å². The summed E-state index contributed by atoms with van der Waals surface area (Å²) in [6, 6.07) is 8.55. The van der Waals surface area contributed by atoms with E-state index in [2.05, 4.69) is 5.32 Å². The summed E-state index contributed by atoms with van der Waals surface area (Å²) in [7, 11) is 0. The Morgan fingerprint density at radius 2 is 2.00 bits per heavy atom. The van der Waals surface area contributed by atoms with Gasteiger partial charge in [0.25, 0.3) is 0 Å². The lowest BCUT2D eigenvalue weighted by Crippen LogP contribution is -2.28. The van der Waals surface area contributed by atoms with Crippen LogP contribution in [0.3, 0.4) is 0 Å². The molecule has 0 aliphatic carbocycles. The third-order valence-corrected chi connectivity index (χ3v) is 2.44. The molecule has 0 bridgehead atoms. The maximum absolute atomic E-state index is 11.7. The molecule has 0 aliphatic rings. The number of carbonyl (C=O) groups is 1. The van der Waals surface area contributed by atoms with E-state index in [1.807, 2.05) is 0 Å². The minimum Gasteiger partial charge on any atom is -0.618 e. The molecular weight excluding hydrogens is 244 g/mol. The summed E-state index contributed by atoms with van der Waals surface area (Å²) in [5.74, 6) is 0. The molecule has 0 saturated carbocycles. The summed E-state index contributed by atoms with van der Waals surface area (Å²) < 4.78 is 5.95. The van der Waals surface area contributed by atoms with E-state index in [0.717, 1.165) is 4.73 Å². The molecule has 2 aromatic rings. The van der Waals surface area contributed by atoms with Crippen LogP contribution in [0.15, 0.2) is 36.5 Å². The number of amides is 1. The molecule has 0 unspecified atom stereocenters. The number of rotatable bonds is 1. The Morgan fingerprint density at radius 3 is 2.68 bits per heavy atom. The number of carbonyl (C=O) groups excluding carboxylic acids is 1. The molecule has 0 atom stereocenters. The topological polar surface area (TPSA) is 65.3 Å². The van der Waals surface area contributed by atoms with Gasteiger partial charge >= 0.3 is 6.09 Å². The van der Waals surface area contributed by atoms with Crippen LogP contribution in [0.1, 0.15) is 20.8 Å². The molecule has 2 rings (SSSR count). The van der Waals surface area contributed by atoms with Crippen molar-refractivity contribution in [2.75, 3.05) is 5.32 Å². The van der Waals surface area contributed by atoms with E-state index in [4.69, 9.17) is 4.74 Å². The van der Waals surface area contributed by atoms with E-state index in [1.165, 1.54) is 6.20 Å². The molecule has 5 heteroatoms. The fourth-order valence-corrected chi connectivity index (χ4v) is 1.74. The van der Waals surface area contributed by atoms with Crippen LogP contribution < -0.4 is 10.0 Å².